The highest BCUT2D eigenvalue weighted by Gasteiger charge is 2.22. The van der Waals surface area contributed by atoms with Gasteiger partial charge in [0.2, 0.25) is 45.3 Å². The van der Waals surface area contributed by atoms with Crippen molar-refractivity contribution in [2.45, 2.75) is 36.9 Å². The Morgan fingerprint density at radius 2 is 1.52 bits per heavy atom. The quantitative estimate of drug-likeness (QED) is 0.0636. The van der Waals surface area contributed by atoms with Gasteiger partial charge in [-0.05, 0) is 12.0 Å². The Balaban J connectivity index is 1.51. The number of aromatic nitrogens is 2. The van der Waals surface area contributed by atoms with Gasteiger partial charge in [-0.15, -0.1) is 5.10 Å². The summed E-state index contributed by atoms with van der Waals surface area (Å²) in [6.07, 6.45) is 1.82. The largest absolute Gasteiger partial charge is 0.480 e. The van der Waals surface area contributed by atoms with E-state index >= 15 is 0 Å². The van der Waals surface area contributed by atoms with Gasteiger partial charge in [0.25, 0.3) is 0 Å². The highest BCUT2D eigenvalue weighted by atomic mass is 32.2. The third-order valence-corrected chi connectivity index (χ3v) is 6.77. The first-order chi connectivity index (χ1) is 22.8. The van der Waals surface area contributed by atoms with Crippen LogP contribution in [0.4, 0.5) is 0 Å². The summed E-state index contributed by atoms with van der Waals surface area (Å²) in [5.41, 5.74) is 0.721. The fourth-order valence-corrected chi connectivity index (χ4v) is 4.12. The van der Waals surface area contributed by atoms with Gasteiger partial charge in [-0.25, -0.2) is 8.42 Å². The summed E-state index contributed by atoms with van der Waals surface area (Å²) in [6.45, 7) is -1.28. The number of carbonyl (C=O) groups is 6. The lowest BCUT2D eigenvalue weighted by Gasteiger charge is -2.18. The molecule has 1 aromatic heterocycles. The summed E-state index contributed by atoms with van der Waals surface area (Å²) >= 11 is 0. The van der Waals surface area contributed by atoms with Gasteiger partial charge in [0.05, 0.1) is 32.9 Å². The van der Waals surface area contributed by atoms with E-state index in [-0.39, 0.29) is 64.0 Å². The molecule has 0 aliphatic heterocycles. The third kappa shape index (κ3) is 17.1. The van der Waals surface area contributed by atoms with Crippen molar-refractivity contribution < 1.29 is 56.2 Å². The number of hydrogen-bond donors (Lipinski definition) is 6. The van der Waals surface area contributed by atoms with E-state index in [2.05, 4.69) is 36.8 Å². The van der Waals surface area contributed by atoms with E-state index in [0.717, 1.165) is 11.8 Å². The Morgan fingerprint density at radius 3 is 2.21 bits per heavy atom. The maximum atomic E-state index is 12.4. The molecule has 0 saturated carbocycles. The van der Waals surface area contributed by atoms with Crippen LogP contribution >= 0.6 is 0 Å². The summed E-state index contributed by atoms with van der Waals surface area (Å²) in [4.78, 5) is 71.4. The molecule has 48 heavy (non-hydrogen) atoms. The fourth-order valence-electron chi connectivity index (χ4n) is 3.69. The molecule has 0 spiro atoms. The second-order valence-electron chi connectivity index (χ2n) is 10.1. The summed E-state index contributed by atoms with van der Waals surface area (Å²) < 4.78 is 38.2. The summed E-state index contributed by atoms with van der Waals surface area (Å²) in [5, 5.41) is 27.4. The molecule has 0 saturated heterocycles. The van der Waals surface area contributed by atoms with Gasteiger partial charge in [0.1, 0.15) is 19.2 Å². The Kier molecular flexibility index (Phi) is 17.2. The zero-order valence-electron chi connectivity index (χ0n) is 26.2. The molecule has 0 aliphatic rings. The van der Waals surface area contributed by atoms with E-state index in [0.29, 0.717) is 6.42 Å². The van der Waals surface area contributed by atoms with Crippen molar-refractivity contribution in [3.8, 4) is 0 Å². The number of benzene rings is 1. The van der Waals surface area contributed by atoms with E-state index in [4.69, 9.17) is 19.0 Å². The summed E-state index contributed by atoms with van der Waals surface area (Å²) in [7, 11) is -3.58. The minimum absolute atomic E-state index is 0.0670. The van der Waals surface area contributed by atoms with Crippen LogP contribution in [0.1, 0.15) is 24.3 Å². The van der Waals surface area contributed by atoms with E-state index in [1.54, 1.807) is 30.3 Å². The first-order valence-electron chi connectivity index (χ1n) is 14.6. The van der Waals surface area contributed by atoms with Crippen molar-refractivity contribution in [2.75, 3.05) is 58.9 Å². The Hall–Kier alpha value is -4.95. The van der Waals surface area contributed by atoms with Crippen LogP contribution in [-0.2, 0) is 60.9 Å². The normalized spacial score (nSPS) is 11.6. The minimum Gasteiger partial charge on any atom is -0.480 e. The Morgan fingerprint density at radius 1 is 0.833 bits per heavy atom. The van der Waals surface area contributed by atoms with Crippen LogP contribution in [0.2, 0.25) is 0 Å². The van der Waals surface area contributed by atoms with E-state index in [1.807, 2.05) is 0 Å². The number of ether oxygens (including phenoxy) is 2. The Bertz CT molecular complexity index is 1480. The molecule has 6 N–H and O–H groups in total. The number of aryl methyl sites for hydroxylation is 1. The zero-order chi connectivity index (χ0) is 35.4. The SMILES string of the molecule is CS(=O)(=O)c1nnc(CCCC(=O)NCCOCCOCC(=O)NCC(=O)NCC(=O)N[C@@H](Cc2ccccc2)C(=O)NCC(=O)O)o1. The molecule has 19 nitrogen and oxygen atoms in total. The lowest BCUT2D eigenvalue weighted by molar-refractivity contribution is -0.138. The van der Waals surface area contributed by atoms with E-state index < -0.39 is 70.3 Å². The topological polar surface area (TPSA) is 274 Å². The molecule has 20 heteroatoms. The second kappa shape index (κ2) is 21.0. The molecule has 1 aromatic carbocycles. The molecule has 0 unspecified atom stereocenters. The number of hydrogen-bond acceptors (Lipinski definition) is 13. The zero-order valence-corrected chi connectivity index (χ0v) is 27.0. The standard InChI is InChI=1S/C28H39N7O12S/c1-48(43,44)28-35-34-25(47-28)9-5-8-21(36)29-10-11-45-12-13-46-18-24(39)31-15-22(37)30-16-23(38)33-20(27(42)32-17-26(40)41)14-19-6-3-2-4-7-19/h2-4,6-7,20H,5,8-18H2,1H3,(H,29,36)(H,30,37)(H,31,39)(H,32,42)(H,33,38)(H,40,41)/t20-/m0/s1. The number of carboxylic acid groups (broad SMARTS) is 1. The van der Waals surface area contributed by atoms with Crippen LogP contribution in [0.3, 0.4) is 0 Å². The molecule has 0 radical (unpaired) electrons. The first-order valence-corrected chi connectivity index (χ1v) is 16.5. The number of nitrogens with zero attached hydrogens (tertiary/aromatic N) is 2. The lowest BCUT2D eigenvalue weighted by atomic mass is 10.1. The van der Waals surface area contributed by atoms with Gasteiger partial charge in [0.15, 0.2) is 0 Å². The van der Waals surface area contributed by atoms with Crippen LogP contribution in [0.15, 0.2) is 40.0 Å². The third-order valence-electron chi connectivity index (χ3n) is 5.97. The van der Waals surface area contributed by atoms with Gasteiger partial charge in [-0.2, -0.15) is 0 Å². The van der Waals surface area contributed by atoms with Gasteiger partial charge in [-0.3, -0.25) is 28.8 Å². The molecule has 264 valence electrons. The van der Waals surface area contributed by atoms with Crippen molar-refractivity contribution in [3.05, 3.63) is 41.8 Å². The predicted molar refractivity (Wildman–Crippen MR) is 164 cm³/mol. The molecule has 2 aromatic rings. The molecule has 0 bridgehead atoms. The van der Waals surface area contributed by atoms with Crippen LogP contribution in [0.25, 0.3) is 0 Å². The molecular weight excluding hydrogens is 658 g/mol. The monoisotopic (exact) mass is 697 g/mol. The highest BCUT2D eigenvalue weighted by molar-refractivity contribution is 7.90. The average molecular weight is 698 g/mol. The van der Waals surface area contributed by atoms with Crippen molar-refractivity contribution in [2.24, 2.45) is 0 Å². The predicted octanol–water partition coefficient (Wildman–Crippen LogP) is -2.89. The van der Waals surface area contributed by atoms with Gasteiger partial charge in [-0.1, -0.05) is 35.4 Å². The molecular formula is C28H39N7O12S. The summed E-state index contributed by atoms with van der Waals surface area (Å²) in [5.74, 6) is -4.03. The smallest absolute Gasteiger partial charge is 0.335 e. The number of nitrogens with one attached hydrogen (secondary N) is 5. The van der Waals surface area contributed by atoms with E-state index in [9.17, 15) is 37.2 Å². The second-order valence-corrected chi connectivity index (χ2v) is 12.0. The van der Waals surface area contributed by atoms with Crippen LogP contribution in [0.5, 0.6) is 0 Å². The van der Waals surface area contributed by atoms with Crippen molar-refractivity contribution in [1.82, 2.24) is 36.8 Å². The van der Waals surface area contributed by atoms with Crippen LogP contribution in [0, 0.1) is 0 Å². The fraction of sp³-hybridized carbons (Fsp3) is 0.500. The molecule has 1 heterocycles. The van der Waals surface area contributed by atoms with Gasteiger partial charge in [0, 0.05) is 32.1 Å². The van der Waals surface area contributed by atoms with Crippen molar-refractivity contribution in [1.29, 1.82) is 0 Å². The van der Waals surface area contributed by atoms with Gasteiger partial charge >= 0.3 is 11.2 Å². The van der Waals surface area contributed by atoms with Gasteiger partial charge < -0.3 is 45.6 Å². The van der Waals surface area contributed by atoms with Crippen molar-refractivity contribution >= 4 is 45.3 Å². The number of sulfone groups is 1. The summed E-state index contributed by atoms with van der Waals surface area (Å²) in [6, 6.07) is 7.66. The van der Waals surface area contributed by atoms with Crippen LogP contribution < -0.4 is 26.6 Å². The van der Waals surface area contributed by atoms with Crippen molar-refractivity contribution in [3.63, 3.8) is 0 Å². The maximum absolute atomic E-state index is 12.4. The number of aliphatic carboxylic acids is 1. The highest BCUT2D eigenvalue weighted by Crippen LogP contribution is 2.09. The molecule has 5 amide bonds. The average Bonchev–Trinajstić information content (AvgIpc) is 3.53. The number of amides is 5. The Labute approximate surface area is 275 Å². The maximum Gasteiger partial charge on any atom is 0.335 e. The first kappa shape index (κ1) is 39.2. The minimum atomic E-state index is -3.58. The number of carboxylic acids is 1. The number of rotatable bonds is 23. The molecule has 2 rings (SSSR count). The van der Waals surface area contributed by atoms with Crippen LogP contribution in [-0.4, -0.2) is 124 Å². The molecule has 0 fully saturated rings. The molecule has 0 aliphatic carbocycles. The lowest BCUT2D eigenvalue weighted by Crippen LogP contribution is -2.51. The van der Waals surface area contributed by atoms with E-state index in [1.165, 1.54) is 0 Å². The number of carbonyl (C=O) groups excluding carboxylic acids is 5. The molecule has 1 atom stereocenters.